The van der Waals surface area contributed by atoms with Crippen LogP contribution in [-0.2, 0) is 4.74 Å². The highest BCUT2D eigenvalue weighted by Gasteiger charge is 2.38. The van der Waals surface area contributed by atoms with Gasteiger partial charge in [-0.1, -0.05) is 33.1 Å². The van der Waals surface area contributed by atoms with Crippen molar-refractivity contribution in [2.75, 3.05) is 13.2 Å². The summed E-state index contributed by atoms with van der Waals surface area (Å²) in [7, 11) is 0. The van der Waals surface area contributed by atoms with E-state index in [1.54, 1.807) is 0 Å². The minimum absolute atomic E-state index is 0.176. The van der Waals surface area contributed by atoms with Crippen LogP contribution in [0.3, 0.4) is 0 Å². The van der Waals surface area contributed by atoms with Crippen LogP contribution < -0.4 is 5.32 Å². The summed E-state index contributed by atoms with van der Waals surface area (Å²) in [5.41, 5.74) is 0.176. The molecule has 1 saturated carbocycles. The molecule has 19 heavy (non-hydrogen) atoms. The second-order valence-corrected chi connectivity index (χ2v) is 6.81. The number of hydrogen-bond donors (Lipinski definition) is 2. The van der Waals surface area contributed by atoms with Gasteiger partial charge in [0.15, 0.2) is 0 Å². The zero-order chi connectivity index (χ0) is 13.7. The van der Waals surface area contributed by atoms with Crippen molar-refractivity contribution in [3.63, 3.8) is 0 Å². The van der Waals surface area contributed by atoms with Gasteiger partial charge in [0, 0.05) is 25.3 Å². The predicted molar refractivity (Wildman–Crippen MR) is 78.3 cm³/mol. The smallest absolute Gasteiger partial charge is 0.0697 e. The molecule has 2 fully saturated rings. The summed E-state index contributed by atoms with van der Waals surface area (Å²) in [6.45, 7) is 5.66. The van der Waals surface area contributed by atoms with Crippen LogP contribution in [0.5, 0.6) is 0 Å². The maximum atomic E-state index is 9.19. The second kappa shape index (κ2) is 7.05. The van der Waals surface area contributed by atoms with Gasteiger partial charge in [0.25, 0.3) is 0 Å². The zero-order valence-electron chi connectivity index (χ0n) is 12.7. The molecule has 1 spiro atoms. The number of ether oxygens (including phenoxy) is 1. The molecule has 1 heterocycles. The first-order chi connectivity index (χ1) is 9.15. The van der Waals surface area contributed by atoms with Gasteiger partial charge in [-0.15, -0.1) is 0 Å². The molecule has 0 aromatic rings. The van der Waals surface area contributed by atoms with Crippen molar-refractivity contribution in [3.05, 3.63) is 0 Å². The lowest BCUT2D eigenvalue weighted by Crippen LogP contribution is -2.51. The summed E-state index contributed by atoms with van der Waals surface area (Å²) in [5, 5.41) is 13.0. The molecule has 112 valence electrons. The summed E-state index contributed by atoms with van der Waals surface area (Å²) in [6.07, 6.45) is 9.69. The SMILES string of the molecule is CC(C)C(CCO)NC1CCOC2(CCCCC2)C1. The van der Waals surface area contributed by atoms with E-state index in [1.165, 1.54) is 38.5 Å². The number of nitrogens with one attached hydrogen (secondary N) is 1. The fourth-order valence-electron chi connectivity index (χ4n) is 3.77. The number of rotatable bonds is 5. The van der Waals surface area contributed by atoms with Crippen LogP contribution in [-0.4, -0.2) is 36.0 Å². The lowest BCUT2D eigenvalue weighted by molar-refractivity contribution is -0.110. The molecule has 3 heteroatoms. The van der Waals surface area contributed by atoms with Gasteiger partial charge in [-0.25, -0.2) is 0 Å². The van der Waals surface area contributed by atoms with Gasteiger partial charge in [0.1, 0.15) is 0 Å². The number of aliphatic hydroxyl groups excluding tert-OH is 1. The lowest BCUT2D eigenvalue weighted by atomic mass is 9.78. The van der Waals surface area contributed by atoms with E-state index in [0.29, 0.717) is 18.0 Å². The summed E-state index contributed by atoms with van der Waals surface area (Å²) in [6, 6.07) is 1.01. The van der Waals surface area contributed by atoms with Gasteiger partial charge in [-0.3, -0.25) is 0 Å². The van der Waals surface area contributed by atoms with E-state index in [0.717, 1.165) is 19.4 Å². The van der Waals surface area contributed by atoms with Crippen molar-refractivity contribution < 1.29 is 9.84 Å². The third-order valence-corrected chi connectivity index (χ3v) is 4.95. The molecule has 1 aliphatic carbocycles. The molecule has 2 N–H and O–H groups in total. The van der Waals surface area contributed by atoms with E-state index >= 15 is 0 Å². The lowest BCUT2D eigenvalue weighted by Gasteiger charge is -2.45. The van der Waals surface area contributed by atoms with Crippen LogP contribution in [0.25, 0.3) is 0 Å². The largest absolute Gasteiger partial charge is 0.396 e. The third-order valence-electron chi connectivity index (χ3n) is 4.95. The van der Waals surface area contributed by atoms with Crippen LogP contribution in [0, 0.1) is 5.92 Å². The normalized spacial score (nSPS) is 28.7. The minimum Gasteiger partial charge on any atom is -0.396 e. The molecular weight excluding hydrogens is 238 g/mol. The molecule has 2 unspecified atom stereocenters. The van der Waals surface area contributed by atoms with Crippen molar-refractivity contribution in [1.29, 1.82) is 0 Å². The van der Waals surface area contributed by atoms with Crippen LogP contribution in [0.1, 0.15) is 65.2 Å². The van der Waals surface area contributed by atoms with Crippen molar-refractivity contribution in [2.45, 2.75) is 82.9 Å². The molecule has 3 nitrogen and oxygen atoms in total. The fraction of sp³-hybridized carbons (Fsp3) is 1.00. The van der Waals surface area contributed by atoms with Gasteiger partial charge in [-0.2, -0.15) is 0 Å². The fourth-order valence-corrected chi connectivity index (χ4v) is 3.77. The average Bonchev–Trinajstić information content (AvgIpc) is 2.39. The third kappa shape index (κ3) is 4.17. The Kier molecular flexibility index (Phi) is 5.67. The maximum Gasteiger partial charge on any atom is 0.0697 e. The second-order valence-electron chi connectivity index (χ2n) is 6.81. The molecule has 0 radical (unpaired) electrons. The Bertz CT molecular complexity index is 256. The molecule has 2 aliphatic rings. The molecule has 0 amide bonds. The maximum absolute atomic E-state index is 9.19. The van der Waals surface area contributed by atoms with Crippen molar-refractivity contribution >= 4 is 0 Å². The quantitative estimate of drug-likeness (QED) is 0.806. The van der Waals surface area contributed by atoms with Crippen LogP contribution in [0.2, 0.25) is 0 Å². The molecule has 2 atom stereocenters. The standard InChI is InChI=1S/C16H31NO2/c1-13(2)15(6-10-18)17-14-7-11-19-16(12-14)8-4-3-5-9-16/h13-15,17-18H,3-12H2,1-2H3. The molecule has 0 aromatic carbocycles. The van der Waals surface area contributed by atoms with E-state index in [2.05, 4.69) is 19.2 Å². The Morgan fingerprint density at radius 2 is 2.00 bits per heavy atom. The van der Waals surface area contributed by atoms with Crippen LogP contribution in [0.4, 0.5) is 0 Å². The van der Waals surface area contributed by atoms with Gasteiger partial charge < -0.3 is 15.2 Å². The van der Waals surface area contributed by atoms with E-state index in [1.807, 2.05) is 0 Å². The Balaban J connectivity index is 1.89. The number of aliphatic hydroxyl groups is 1. The van der Waals surface area contributed by atoms with E-state index in [9.17, 15) is 5.11 Å². The molecule has 1 saturated heterocycles. The summed E-state index contributed by atoms with van der Waals surface area (Å²) in [4.78, 5) is 0. The van der Waals surface area contributed by atoms with Gasteiger partial charge >= 0.3 is 0 Å². The van der Waals surface area contributed by atoms with Gasteiger partial charge in [-0.05, 0) is 38.0 Å². The van der Waals surface area contributed by atoms with Crippen molar-refractivity contribution in [3.8, 4) is 0 Å². The predicted octanol–water partition coefficient (Wildman–Crippen LogP) is 2.86. The van der Waals surface area contributed by atoms with Crippen molar-refractivity contribution in [2.24, 2.45) is 5.92 Å². The average molecular weight is 269 g/mol. The molecule has 0 aromatic heterocycles. The van der Waals surface area contributed by atoms with E-state index in [4.69, 9.17) is 4.74 Å². The first-order valence-electron chi connectivity index (χ1n) is 8.16. The highest BCUT2D eigenvalue weighted by Crippen LogP contribution is 2.38. The zero-order valence-corrected chi connectivity index (χ0v) is 12.7. The Morgan fingerprint density at radius 3 is 2.63 bits per heavy atom. The Hall–Kier alpha value is -0.120. The van der Waals surface area contributed by atoms with Crippen LogP contribution >= 0.6 is 0 Å². The monoisotopic (exact) mass is 269 g/mol. The number of hydrogen-bond acceptors (Lipinski definition) is 3. The summed E-state index contributed by atoms with van der Waals surface area (Å²) in [5.74, 6) is 0.581. The summed E-state index contributed by atoms with van der Waals surface area (Å²) < 4.78 is 6.15. The molecule has 2 rings (SSSR count). The van der Waals surface area contributed by atoms with E-state index < -0.39 is 0 Å². The highest BCUT2D eigenvalue weighted by molar-refractivity contribution is 4.93. The Morgan fingerprint density at radius 1 is 1.26 bits per heavy atom. The topological polar surface area (TPSA) is 41.5 Å². The van der Waals surface area contributed by atoms with Crippen LogP contribution in [0.15, 0.2) is 0 Å². The molecular formula is C16H31NO2. The Labute approximate surface area is 118 Å². The highest BCUT2D eigenvalue weighted by atomic mass is 16.5. The van der Waals surface area contributed by atoms with Gasteiger partial charge in [0.2, 0.25) is 0 Å². The summed E-state index contributed by atoms with van der Waals surface area (Å²) >= 11 is 0. The molecule has 0 bridgehead atoms. The first kappa shape index (κ1) is 15.3. The minimum atomic E-state index is 0.176. The van der Waals surface area contributed by atoms with E-state index in [-0.39, 0.29) is 12.2 Å². The van der Waals surface area contributed by atoms with Crippen molar-refractivity contribution in [1.82, 2.24) is 5.32 Å². The first-order valence-corrected chi connectivity index (χ1v) is 8.16. The molecule has 1 aliphatic heterocycles. The van der Waals surface area contributed by atoms with Gasteiger partial charge in [0.05, 0.1) is 5.60 Å².